The van der Waals surface area contributed by atoms with E-state index < -0.39 is 9.84 Å². The molecule has 0 saturated heterocycles. The first-order valence-corrected chi connectivity index (χ1v) is 7.28. The third-order valence-corrected chi connectivity index (χ3v) is 3.10. The normalized spacial score (nSPS) is 13.2. The molecule has 0 aliphatic rings. The van der Waals surface area contributed by atoms with Gasteiger partial charge in [0.1, 0.15) is 15.7 Å². The number of rotatable bonds is 5. The summed E-state index contributed by atoms with van der Waals surface area (Å²) < 4.78 is 22.3. The fourth-order valence-corrected chi connectivity index (χ4v) is 2.38. The van der Waals surface area contributed by atoms with Crippen molar-refractivity contribution in [1.29, 1.82) is 0 Å². The molecule has 96 valence electrons. The summed E-state index contributed by atoms with van der Waals surface area (Å²) in [4.78, 5) is 10.1. The maximum atomic E-state index is 11.1. The van der Waals surface area contributed by atoms with Gasteiger partial charge >= 0.3 is 0 Å². The quantitative estimate of drug-likeness (QED) is 0.823. The van der Waals surface area contributed by atoms with Crippen LogP contribution in [0.1, 0.15) is 6.92 Å². The Morgan fingerprint density at radius 2 is 2.12 bits per heavy atom. The average Bonchev–Trinajstić information content (AvgIpc) is 2.14. The third-order valence-electron chi connectivity index (χ3n) is 1.99. The predicted octanol–water partition coefficient (Wildman–Crippen LogP) is 0.388. The standard InChI is InChI=1S/C10H18N4O2S/c1-8(7-17(4,15)16)12-9-5-6-11-10(13-9)14(2)3/h5-6,8H,7H2,1-4H3,(H,11,12,13). The lowest BCUT2D eigenvalue weighted by Gasteiger charge is -2.15. The highest BCUT2D eigenvalue weighted by molar-refractivity contribution is 7.90. The Morgan fingerprint density at radius 3 is 2.65 bits per heavy atom. The van der Waals surface area contributed by atoms with Gasteiger partial charge in [-0.25, -0.2) is 13.4 Å². The minimum atomic E-state index is -2.99. The van der Waals surface area contributed by atoms with Crippen molar-refractivity contribution >= 4 is 21.6 Å². The number of nitrogens with zero attached hydrogens (tertiary/aromatic N) is 3. The van der Waals surface area contributed by atoms with Crippen molar-refractivity contribution in [2.45, 2.75) is 13.0 Å². The molecule has 6 nitrogen and oxygen atoms in total. The zero-order valence-electron chi connectivity index (χ0n) is 10.5. The molecular weight excluding hydrogens is 240 g/mol. The lowest BCUT2D eigenvalue weighted by atomic mass is 10.4. The van der Waals surface area contributed by atoms with Crippen molar-refractivity contribution < 1.29 is 8.42 Å². The molecule has 0 fully saturated rings. The highest BCUT2D eigenvalue weighted by Crippen LogP contribution is 2.09. The van der Waals surface area contributed by atoms with Gasteiger partial charge in [0.15, 0.2) is 0 Å². The molecule has 0 radical (unpaired) electrons. The van der Waals surface area contributed by atoms with E-state index in [1.54, 1.807) is 24.1 Å². The van der Waals surface area contributed by atoms with Crippen LogP contribution < -0.4 is 10.2 Å². The van der Waals surface area contributed by atoms with Crippen LogP contribution in [0.4, 0.5) is 11.8 Å². The molecular formula is C10H18N4O2S. The third kappa shape index (κ3) is 4.99. The molecule has 1 rings (SSSR count). The Hall–Kier alpha value is -1.37. The minimum absolute atomic E-state index is 0.0777. The van der Waals surface area contributed by atoms with E-state index in [0.29, 0.717) is 11.8 Å². The molecule has 0 saturated carbocycles. The van der Waals surface area contributed by atoms with Gasteiger partial charge in [-0.3, -0.25) is 0 Å². The molecule has 1 heterocycles. The maximum absolute atomic E-state index is 11.1. The molecule has 0 amide bonds. The van der Waals surface area contributed by atoms with Crippen LogP contribution in [0.25, 0.3) is 0 Å². The Morgan fingerprint density at radius 1 is 1.47 bits per heavy atom. The Kier molecular flexibility index (Phi) is 4.28. The number of aromatic nitrogens is 2. The molecule has 0 bridgehead atoms. The van der Waals surface area contributed by atoms with E-state index in [1.165, 1.54) is 6.26 Å². The first-order valence-electron chi connectivity index (χ1n) is 5.22. The van der Waals surface area contributed by atoms with Gasteiger partial charge in [0.25, 0.3) is 0 Å². The Labute approximate surface area is 102 Å². The summed E-state index contributed by atoms with van der Waals surface area (Å²) in [5, 5.41) is 3.04. The molecule has 0 aliphatic carbocycles. The molecule has 0 aliphatic heterocycles. The van der Waals surface area contributed by atoms with Gasteiger partial charge in [-0.05, 0) is 13.0 Å². The second-order valence-electron chi connectivity index (χ2n) is 4.27. The van der Waals surface area contributed by atoms with Crippen molar-refractivity contribution in [1.82, 2.24) is 9.97 Å². The smallest absolute Gasteiger partial charge is 0.226 e. The number of sulfone groups is 1. The molecule has 7 heteroatoms. The van der Waals surface area contributed by atoms with Crippen LogP contribution in [-0.2, 0) is 9.84 Å². The van der Waals surface area contributed by atoms with Crippen LogP contribution >= 0.6 is 0 Å². The van der Waals surface area contributed by atoms with Gasteiger partial charge in [0.2, 0.25) is 5.95 Å². The Bertz CT molecular complexity index is 473. The van der Waals surface area contributed by atoms with Crippen molar-refractivity contribution in [2.24, 2.45) is 0 Å². The molecule has 1 aromatic heterocycles. The number of anilines is 2. The average molecular weight is 258 g/mol. The molecule has 0 spiro atoms. The van der Waals surface area contributed by atoms with Gasteiger partial charge in [-0.15, -0.1) is 0 Å². The zero-order valence-corrected chi connectivity index (χ0v) is 11.3. The van der Waals surface area contributed by atoms with E-state index in [4.69, 9.17) is 0 Å². The maximum Gasteiger partial charge on any atom is 0.226 e. The lowest BCUT2D eigenvalue weighted by Crippen LogP contribution is -2.26. The van der Waals surface area contributed by atoms with Gasteiger partial charge in [0.05, 0.1) is 5.75 Å². The zero-order chi connectivity index (χ0) is 13.1. The van der Waals surface area contributed by atoms with Crippen molar-refractivity contribution in [3.8, 4) is 0 Å². The number of nitrogens with one attached hydrogen (secondary N) is 1. The summed E-state index contributed by atoms with van der Waals surface area (Å²) in [6.45, 7) is 1.80. The van der Waals surface area contributed by atoms with Gasteiger partial charge < -0.3 is 10.2 Å². The summed E-state index contributed by atoms with van der Waals surface area (Å²) in [5.41, 5.74) is 0. The van der Waals surface area contributed by atoms with Gasteiger partial charge in [-0.1, -0.05) is 0 Å². The fraction of sp³-hybridized carbons (Fsp3) is 0.600. The largest absolute Gasteiger partial charge is 0.366 e. The van der Waals surface area contributed by atoms with Crippen LogP contribution in [0.5, 0.6) is 0 Å². The van der Waals surface area contributed by atoms with E-state index >= 15 is 0 Å². The van der Waals surface area contributed by atoms with E-state index in [9.17, 15) is 8.42 Å². The van der Waals surface area contributed by atoms with Gasteiger partial charge in [0, 0.05) is 32.6 Å². The monoisotopic (exact) mass is 258 g/mol. The molecule has 1 N–H and O–H groups in total. The topological polar surface area (TPSA) is 75.2 Å². The number of hydrogen-bond acceptors (Lipinski definition) is 6. The van der Waals surface area contributed by atoms with Crippen LogP contribution in [0.2, 0.25) is 0 Å². The van der Waals surface area contributed by atoms with E-state index in [-0.39, 0.29) is 11.8 Å². The summed E-state index contributed by atoms with van der Waals surface area (Å²) >= 11 is 0. The minimum Gasteiger partial charge on any atom is -0.366 e. The lowest BCUT2D eigenvalue weighted by molar-refractivity contribution is 0.598. The first-order chi connectivity index (χ1) is 7.78. The van der Waals surface area contributed by atoms with Crippen molar-refractivity contribution in [3.05, 3.63) is 12.3 Å². The highest BCUT2D eigenvalue weighted by atomic mass is 32.2. The summed E-state index contributed by atoms with van der Waals surface area (Å²) in [6.07, 6.45) is 2.86. The van der Waals surface area contributed by atoms with E-state index in [1.807, 2.05) is 14.1 Å². The summed E-state index contributed by atoms with van der Waals surface area (Å²) in [7, 11) is 0.706. The second kappa shape index (κ2) is 5.31. The van der Waals surface area contributed by atoms with Crippen molar-refractivity contribution in [2.75, 3.05) is 36.3 Å². The molecule has 1 aromatic rings. The fourth-order valence-electron chi connectivity index (χ4n) is 1.39. The van der Waals surface area contributed by atoms with E-state index in [2.05, 4.69) is 15.3 Å². The summed E-state index contributed by atoms with van der Waals surface area (Å²) in [5.74, 6) is 1.29. The molecule has 1 atom stereocenters. The second-order valence-corrected chi connectivity index (χ2v) is 6.46. The van der Waals surface area contributed by atoms with E-state index in [0.717, 1.165) is 0 Å². The van der Waals surface area contributed by atoms with Gasteiger partial charge in [-0.2, -0.15) is 4.98 Å². The predicted molar refractivity (Wildman–Crippen MR) is 69.2 cm³/mol. The van der Waals surface area contributed by atoms with Crippen LogP contribution in [-0.4, -0.2) is 50.5 Å². The first kappa shape index (κ1) is 13.7. The summed E-state index contributed by atoms with van der Waals surface area (Å²) in [6, 6.07) is 1.53. The van der Waals surface area contributed by atoms with Crippen LogP contribution in [0.15, 0.2) is 12.3 Å². The molecule has 17 heavy (non-hydrogen) atoms. The SMILES string of the molecule is CC(CS(C)(=O)=O)Nc1ccnc(N(C)C)n1. The number of hydrogen-bond donors (Lipinski definition) is 1. The van der Waals surface area contributed by atoms with Crippen molar-refractivity contribution in [3.63, 3.8) is 0 Å². The molecule has 0 aromatic carbocycles. The molecule has 1 unspecified atom stereocenters. The van der Waals surface area contributed by atoms with Crippen LogP contribution in [0, 0.1) is 0 Å². The van der Waals surface area contributed by atoms with Crippen LogP contribution in [0.3, 0.4) is 0 Å². The highest BCUT2D eigenvalue weighted by Gasteiger charge is 2.11. The Balaban J connectivity index is 2.72.